The van der Waals surface area contributed by atoms with Gasteiger partial charge in [0.25, 0.3) is 5.91 Å². The summed E-state index contributed by atoms with van der Waals surface area (Å²) in [6, 6.07) is 3.21. The van der Waals surface area contributed by atoms with E-state index in [0.29, 0.717) is 28.8 Å². The number of nitrogens with one attached hydrogen (secondary N) is 1. The molecular formula is C18H26N2O4S. The molecule has 6 nitrogen and oxygen atoms in total. The fourth-order valence-corrected chi connectivity index (χ4v) is 5.58. The standard InChI is InChI=1S/C18H26N2O4S/c1-11-6-5-7-15(13(11)3)20(4)25(22,23)17-9-16-14(8-12(17)2)19-18(21)10-24-16/h8-9,11,13,15H,5-7,10H2,1-4H3,(H,19,21)/t11-,13-,15+/m0/s1. The molecule has 0 radical (unpaired) electrons. The van der Waals surface area contributed by atoms with E-state index in [1.165, 1.54) is 10.4 Å². The SMILES string of the molecule is Cc1cc2c(cc1S(=O)(=O)N(C)[C@@H]1CCC[C@H](C)[C@@H]1C)OCC(=O)N2. The van der Waals surface area contributed by atoms with E-state index in [2.05, 4.69) is 19.2 Å². The van der Waals surface area contributed by atoms with Crippen molar-refractivity contribution in [3.05, 3.63) is 17.7 Å². The zero-order valence-corrected chi connectivity index (χ0v) is 16.0. The molecule has 1 aromatic rings. The largest absolute Gasteiger partial charge is 0.482 e. The third-order valence-electron chi connectivity index (χ3n) is 5.70. The number of sulfonamides is 1. The van der Waals surface area contributed by atoms with Crippen molar-refractivity contribution in [1.29, 1.82) is 0 Å². The van der Waals surface area contributed by atoms with E-state index < -0.39 is 10.0 Å². The zero-order valence-electron chi connectivity index (χ0n) is 15.2. The van der Waals surface area contributed by atoms with E-state index in [1.807, 2.05) is 0 Å². The summed E-state index contributed by atoms with van der Waals surface area (Å²) in [7, 11) is -1.96. The average molecular weight is 366 g/mol. The van der Waals surface area contributed by atoms with Crippen LogP contribution in [0.5, 0.6) is 5.75 Å². The summed E-state index contributed by atoms with van der Waals surface area (Å²) in [6.07, 6.45) is 3.09. The van der Waals surface area contributed by atoms with Gasteiger partial charge in [0.15, 0.2) is 6.61 Å². The number of amides is 1. The third kappa shape index (κ3) is 3.27. The van der Waals surface area contributed by atoms with Gasteiger partial charge in [-0.05, 0) is 36.8 Å². The Kier molecular flexibility index (Phi) is 4.81. The first kappa shape index (κ1) is 18.2. The number of fused-ring (bicyclic) bond motifs is 1. The normalized spacial score (nSPS) is 26.8. The molecule has 3 rings (SSSR count). The van der Waals surface area contributed by atoms with Crippen molar-refractivity contribution in [3.8, 4) is 5.75 Å². The molecule has 1 aliphatic carbocycles. The zero-order chi connectivity index (χ0) is 18.4. The maximum Gasteiger partial charge on any atom is 0.262 e. The molecule has 3 atom stereocenters. The van der Waals surface area contributed by atoms with Crippen LogP contribution in [0.25, 0.3) is 0 Å². The van der Waals surface area contributed by atoms with E-state index in [-0.39, 0.29) is 23.5 Å². The van der Waals surface area contributed by atoms with Gasteiger partial charge in [0.2, 0.25) is 10.0 Å². The number of carbonyl (C=O) groups excluding carboxylic acids is 1. The number of hydrogen-bond acceptors (Lipinski definition) is 4. The Hall–Kier alpha value is -1.60. The quantitative estimate of drug-likeness (QED) is 0.892. The highest BCUT2D eigenvalue weighted by Crippen LogP contribution is 2.37. The highest BCUT2D eigenvalue weighted by molar-refractivity contribution is 7.89. The van der Waals surface area contributed by atoms with Crippen LogP contribution in [0.4, 0.5) is 5.69 Å². The van der Waals surface area contributed by atoms with Crippen LogP contribution in [0.15, 0.2) is 17.0 Å². The summed E-state index contributed by atoms with van der Waals surface area (Å²) >= 11 is 0. The Morgan fingerprint density at radius 1 is 1.24 bits per heavy atom. The van der Waals surface area contributed by atoms with Gasteiger partial charge in [0.05, 0.1) is 10.6 Å². The maximum absolute atomic E-state index is 13.2. The summed E-state index contributed by atoms with van der Waals surface area (Å²) in [6.45, 7) is 5.98. The average Bonchev–Trinajstić information content (AvgIpc) is 2.55. The molecule has 138 valence electrons. The van der Waals surface area contributed by atoms with Crippen molar-refractivity contribution in [2.75, 3.05) is 19.0 Å². The van der Waals surface area contributed by atoms with E-state index >= 15 is 0 Å². The number of nitrogens with zero attached hydrogens (tertiary/aromatic N) is 1. The van der Waals surface area contributed by atoms with Gasteiger partial charge in [0, 0.05) is 19.2 Å². The number of ether oxygens (including phenoxy) is 1. The second kappa shape index (κ2) is 6.61. The maximum atomic E-state index is 13.2. The molecule has 1 heterocycles. The summed E-state index contributed by atoms with van der Waals surface area (Å²) in [5.74, 6) is 1.01. The molecule has 1 aliphatic heterocycles. The number of hydrogen-bond donors (Lipinski definition) is 1. The molecule has 7 heteroatoms. The van der Waals surface area contributed by atoms with E-state index in [9.17, 15) is 13.2 Å². The molecule has 0 bridgehead atoms. The van der Waals surface area contributed by atoms with Gasteiger partial charge in [-0.3, -0.25) is 4.79 Å². The smallest absolute Gasteiger partial charge is 0.262 e. The van der Waals surface area contributed by atoms with Crippen molar-refractivity contribution >= 4 is 21.6 Å². The number of benzene rings is 1. The number of anilines is 1. The Labute approximate surface area is 149 Å². The van der Waals surface area contributed by atoms with Crippen molar-refractivity contribution in [2.45, 2.75) is 51.0 Å². The summed E-state index contributed by atoms with van der Waals surface area (Å²) < 4.78 is 33.4. The highest BCUT2D eigenvalue weighted by Gasteiger charge is 2.37. The van der Waals surface area contributed by atoms with Crippen LogP contribution in [0.3, 0.4) is 0 Å². The lowest BCUT2D eigenvalue weighted by Crippen LogP contribution is -2.45. The lowest BCUT2D eigenvalue weighted by atomic mass is 9.78. The van der Waals surface area contributed by atoms with Gasteiger partial charge in [-0.2, -0.15) is 4.31 Å². The molecule has 2 aliphatic rings. The van der Waals surface area contributed by atoms with Gasteiger partial charge in [-0.25, -0.2) is 8.42 Å². The second-order valence-electron chi connectivity index (χ2n) is 7.31. The number of aryl methyl sites for hydroxylation is 1. The predicted molar refractivity (Wildman–Crippen MR) is 96.2 cm³/mol. The second-order valence-corrected chi connectivity index (χ2v) is 9.27. The van der Waals surface area contributed by atoms with Crippen LogP contribution >= 0.6 is 0 Å². The fraction of sp³-hybridized carbons (Fsp3) is 0.611. The first-order valence-corrected chi connectivity index (χ1v) is 10.2. The molecule has 0 unspecified atom stereocenters. The van der Waals surface area contributed by atoms with Gasteiger partial charge >= 0.3 is 0 Å². The van der Waals surface area contributed by atoms with Crippen LogP contribution in [0, 0.1) is 18.8 Å². The van der Waals surface area contributed by atoms with Crippen LogP contribution < -0.4 is 10.1 Å². The Morgan fingerprint density at radius 2 is 1.96 bits per heavy atom. The van der Waals surface area contributed by atoms with Crippen molar-refractivity contribution < 1.29 is 17.9 Å². The first-order chi connectivity index (χ1) is 11.7. The van der Waals surface area contributed by atoms with Gasteiger partial charge in [-0.1, -0.05) is 26.7 Å². The Morgan fingerprint density at radius 3 is 2.68 bits per heavy atom. The topological polar surface area (TPSA) is 75.7 Å². The monoisotopic (exact) mass is 366 g/mol. The minimum atomic E-state index is -3.63. The molecule has 1 fully saturated rings. The lowest BCUT2D eigenvalue weighted by molar-refractivity contribution is -0.118. The van der Waals surface area contributed by atoms with E-state index in [1.54, 1.807) is 20.0 Å². The van der Waals surface area contributed by atoms with Crippen LogP contribution in [-0.4, -0.2) is 38.3 Å². The van der Waals surface area contributed by atoms with Gasteiger partial charge in [-0.15, -0.1) is 0 Å². The van der Waals surface area contributed by atoms with Crippen LogP contribution in [-0.2, 0) is 14.8 Å². The van der Waals surface area contributed by atoms with Gasteiger partial charge in [0.1, 0.15) is 5.75 Å². The van der Waals surface area contributed by atoms with Crippen molar-refractivity contribution in [1.82, 2.24) is 4.31 Å². The summed E-state index contributed by atoms with van der Waals surface area (Å²) in [4.78, 5) is 11.7. The van der Waals surface area contributed by atoms with Gasteiger partial charge < -0.3 is 10.1 Å². The molecule has 1 saturated carbocycles. The van der Waals surface area contributed by atoms with Crippen molar-refractivity contribution in [3.63, 3.8) is 0 Å². The fourth-order valence-electron chi connectivity index (χ4n) is 3.89. The molecule has 0 spiro atoms. The Balaban J connectivity index is 1.95. The minimum Gasteiger partial charge on any atom is -0.482 e. The minimum absolute atomic E-state index is 0.00445. The molecule has 1 N–H and O–H groups in total. The molecule has 1 aromatic carbocycles. The number of rotatable bonds is 3. The molecular weight excluding hydrogens is 340 g/mol. The molecule has 0 aromatic heterocycles. The molecule has 25 heavy (non-hydrogen) atoms. The van der Waals surface area contributed by atoms with Crippen LogP contribution in [0.2, 0.25) is 0 Å². The number of carbonyl (C=O) groups is 1. The lowest BCUT2D eigenvalue weighted by Gasteiger charge is -2.39. The molecule has 1 amide bonds. The summed E-state index contributed by atoms with van der Waals surface area (Å²) in [5.41, 5.74) is 1.13. The highest BCUT2D eigenvalue weighted by atomic mass is 32.2. The molecule has 0 saturated heterocycles. The first-order valence-electron chi connectivity index (χ1n) is 8.77. The Bertz CT molecular complexity index is 791. The van der Waals surface area contributed by atoms with Crippen LogP contribution in [0.1, 0.15) is 38.7 Å². The van der Waals surface area contributed by atoms with E-state index in [0.717, 1.165) is 19.3 Å². The van der Waals surface area contributed by atoms with E-state index in [4.69, 9.17) is 4.74 Å². The van der Waals surface area contributed by atoms with Crippen molar-refractivity contribution in [2.24, 2.45) is 11.8 Å². The summed E-state index contributed by atoms with van der Waals surface area (Å²) in [5, 5.41) is 2.71. The third-order valence-corrected chi connectivity index (χ3v) is 7.72. The predicted octanol–water partition coefficient (Wildman–Crippen LogP) is 2.77.